The maximum atomic E-state index is 11.3. The third kappa shape index (κ3) is 3.95. The van der Waals surface area contributed by atoms with Gasteiger partial charge in [-0.3, -0.25) is 4.98 Å². The Morgan fingerprint density at radius 1 is 1.19 bits per heavy atom. The molecule has 1 unspecified atom stereocenters. The molecule has 1 atom stereocenters. The number of methoxy groups -OCH3 is 2. The van der Waals surface area contributed by atoms with Crippen LogP contribution in [0.2, 0.25) is 0 Å². The first-order chi connectivity index (χ1) is 10.2. The molecule has 0 saturated heterocycles. The SMILES string of the molecule is COC(=O)NCC(c1ccc(OC)cc1)c1ccccn1. The summed E-state index contributed by atoms with van der Waals surface area (Å²) in [6.45, 7) is 0.413. The van der Waals surface area contributed by atoms with Crippen LogP contribution in [0.4, 0.5) is 4.79 Å². The summed E-state index contributed by atoms with van der Waals surface area (Å²) < 4.78 is 9.78. The number of carbonyl (C=O) groups excluding carboxylic acids is 1. The summed E-state index contributed by atoms with van der Waals surface area (Å²) in [5, 5.41) is 2.73. The number of rotatable bonds is 5. The van der Waals surface area contributed by atoms with Crippen LogP contribution in [-0.4, -0.2) is 31.8 Å². The molecule has 1 heterocycles. The van der Waals surface area contributed by atoms with Crippen LogP contribution in [-0.2, 0) is 4.74 Å². The smallest absolute Gasteiger partial charge is 0.406 e. The minimum Gasteiger partial charge on any atom is -0.497 e. The molecule has 0 aliphatic heterocycles. The summed E-state index contributed by atoms with van der Waals surface area (Å²) in [6, 6.07) is 13.5. The molecule has 0 fully saturated rings. The standard InChI is InChI=1S/C16H18N2O3/c1-20-13-8-6-12(7-9-13)14(11-18-16(19)21-2)15-5-3-4-10-17-15/h3-10,14H,11H2,1-2H3,(H,18,19). The van der Waals surface area contributed by atoms with Crippen LogP contribution in [0.5, 0.6) is 5.75 Å². The normalized spacial score (nSPS) is 11.5. The Balaban J connectivity index is 2.24. The third-order valence-corrected chi connectivity index (χ3v) is 3.20. The molecule has 5 nitrogen and oxygen atoms in total. The highest BCUT2D eigenvalue weighted by atomic mass is 16.5. The van der Waals surface area contributed by atoms with E-state index < -0.39 is 6.09 Å². The van der Waals surface area contributed by atoms with Crippen molar-refractivity contribution < 1.29 is 14.3 Å². The van der Waals surface area contributed by atoms with Gasteiger partial charge in [-0.05, 0) is 29.8 Å². The molecule has 1 N–H and O–H groups in total. The van der Waals surface area contributed by atoms with Gasteiger partial charge in [-0.1, -0.05) is 18.2 Å². The molecule has 0 aliphatic rings. The lowest BCUT2D eigenvalue weighted by Gasteiger charge is -2.17. The lowest BCUT2D eigenvalue weighted by atomic mass is 9.95. The molecule has 0 radical (unpaired) electrons. The summed E-state index contributed by atoms with van der Waals surface area (Å²) in [6.07, 6.45) is 1.29. The predicted molar refractivity (Wildman–Crippen MR) is 79.5 cm³/mol. The third-order valence-electron chi connectivity index (χ3n) is 3.20. The number of aromatic nitrogens is 1. The van der Waals surface area contributed by atoms with Crippen molar-refractivity contribution in [3.8, 4) is 5.75 Å². The zero-order valence-electron chi connectivity index (χ0n) is 12.1. The van der Waals surface area contributed by atoms with Crippen LogP contribution in [0.1, 0.15) is 17.2 Å². The molecule has 1 aromatic heterocycles. The van der Waals surface area contributed by atoms with Crippen LogP contribution in [0, 0.1) is 0 Å². The summed E-state index contributed by atoms with van der Waals surface area (Å²) in [5.74, 6) is 0.746. The Labute approximate surface area is 123 Å². The summed E-state index contributed by atoms with van der Waals surface area (Å²) in [7, 11) is 2.97. The molecule has 21 heavy (non-hydrogen) atoms. The molecule has 0 bridgehead atoms. The number of hydrogen-bond donors (Lipinski definition) is 1. The lowest BCUT2D eigenvalue weighted by molar-refractivity contribution is 0.170. The number of nitrogens with one attached hydrogen (secondary N) is 1. The van der Waals surface area contributed by atoms with Gasteiger partial charge in [-0.25, -0.2) is 4.79 Å². The lowest BCUT2D eigenvalue weighted by Crippen LogP contribution is -2.29. The molecule has 0 aliphatic carbocycles. The average Bonchev–Trinajstić information content (AvgIpc) is 2.56. The number of ether oxygens (including phenoxy) is 2. The Morgan fingerprint density at radius 2 is 1.95 bits per heavy atom. The number of nitrogens with zero attached hydrogens (tertiary/aromatic N) is 1. The van der Waals surface area contributed by atoms with E-state index in [1.54, 1.807) is 13.3 Å². The first-order valence-corrected chi connectivity index (χ1v) is 6.61. The van der Waals surface area contributed by atoms with Gasteiger partial charge < -0.3 is 14.8 Å². The van der Waals surface area contributed by atoms with Crippen LogP contribution < -0.4 is 10.1 Å². The minimum atomic E-state index is -0.454. The fourth-order valence-electron chi connectivity index (χ4n) is 2.07. The Hall–Kier alpha value is -2.56. The van der Waals surface area contributed by atoms with E-state index in [0.717, 1.165) is 17.0 Å². The number of pyridine rings is 1. The van der Waals surface area contributed by atoms with Gasteiger partial charge in [-0.15, -0.1) is 0 Å². The van der Waals surface area contributed by atoms with E-state index >= 15 is 0 Å². The molecule has 1 amide bonds. The fourth-order valence-corrected chi connectivity index (χ4v) is 2.07. The van der Waals surface area contributed by atoms with Crippen molar-refractivity contribution >= 4 is 6.09 Å². The van der Waals surface area contributed by atoms with Gasteiger partial charge in [0.2, 0.25) is 0 Å². The van der Waals surface area contributed by atoms with E-state index in [1.807, 2.05) is 42.5 Å². The molecule has 110 valence electrons. The second-order valence-electron chi connectivity index (χ2n) is 4.45. The van der Waals surface area contributed by atoms with Crippen molar-refractivity contribution in [2.24, 2.45) is 0 Å². The molecule has 2 aromatic rings. The molecule has 2 rings (SSSR count). The van der Waals surface area contributed by atoms with Gasteiger partial charge in [0.15, 0.2) is 0 Å². The zero-order valence-corrected chi connectivity index (χ0v) is 12.1. The molecule has 0 spiro atoms. The zero-order chi connectivity index (χ0) is 15.1. The first-order valence-electron chi connectivity index (χ1n) is 6.61. The van der Waals surface area contributed by atoms with Crippen molar-refractivity contribution in [1.29, 1.82) is 0 Å². The van der Waals surface area contributed by atoms with Crippen LogP contribution >= 0.6 is 0 Å². The maximum absolute atomic E-state index is 11.3. The second kappa shape index (κ2) is 7.28. The quantitative estimate of drug-likeness (QED) is 0.917. The number of hydrogen-bond acceptors (Lipinski definition) is 4. The van der Waals surface area contributed by atoms with Crippen molar-refractivity contribution in [2.75, 3.05) is 20.8 Å². The van der Waals surface area contributed by atoms with E-state index in [1.165, 1.54) is 7.11 Å². The van der Waals surface area contributed by atoms with Gasteiger partial charge >= 0.3 is 6.09 Å². The van der Waals surface area contributed by atoms with E-state index in [0.29, 0.717) is 6.54 Å². The molecular formula is C16H18N2O3. The molecule has 5 heteroatoms. The summed E-state index contributed by atoms with van der Waals surface area (Å²) in [5.41, 5.74) is 1.94. The second-order valence-corrected chi connectivity index (χ2v) is 4.45. The molecular weight excluding hydrogens is 268 g/mol. The Bertz CT molecular complexity index is 570. The van der Waals surface area contributed by atoms with E-state index in [2.05, 4.69) is 15.0 Å². The fraction of sp³-hybridized carbons (Fsp3) is 0.250. The average molecular weight is 286 g/mol. The van der Waals surface area contributed by atoms with Crippen LogP contribution in [0.25, 0.3) is 0 Å². The van der Waals surface area contributed by atoms with Crippen LogP contribution in [0.15, 0.2) is 48.7 Å². The maximum Gasteiger partial charge on any atom is 0.406 e. The predicted octanol–water partition coefficient (Wildman–Crippen LogP) is 2.58. The van der Waals surface area contributed by atoms with Crippen molar-refractivity contribution in [2.45, 2.75) is 5.92 Å². The van der Waals surface area contributed by atoms with Gasteiger partial charge in [0, 0.05) is 24.4 Å². The van der Waals surface area contributed by atoms with Gasteiger partial charge in [0.05, 0.1) is 14.2 Å². The highest BCUT2D eigenvalue weighted by Gasteiger charge is 2.16. The first kappa shape index (κ1) is 14.8. The Kier molecular flexibility index (Phi) is 5.15. The van der Waals surface area contributed by atoms with Gasteiger partial charge in [0.1, 0.15) is 5.75 Å². The van der Waals surface area contributed by atoms with E-state index in [9.17, 15) is 4.79 Å². The van der Waals surface area contributed by atoms with Crippen molar-refractivity contribution in [3.63, 3.8) is 0 Å². The van der Waals surface area contributed by atoms with Gasteiger partial charge in [-0.2, -0.15) is 0 Å². The number of amides is 1. The number of carbonyl (C=O) groups is 1. The summed E-state index contributed by atoms with van der Waals surface area (Å²) in [4.78, 5) is 15.7. The number of benzene rings is 1. The minimum absolute atomic E-state index is 0.0452. The Morgan fingerprint density at radius 3 is 2.52 bits per heavy atom. The van der Waals surface area contributed by atoms with Crippen molar-refractivity contribution in [3.05, 3.63) is 59.9 Å². The topological polar surface area (TPSA) is 60.5 Å². The summed E-state index contributed by atoms with van der Waals surface area (Å²) >= 11 is 0. The largest absolute Gasteiger partial charge is 0.497 e. The molecule has 0 saturated carbocycles. The van der Waals surface area contributed by atoms with Crippen LogP contribution in [0.3, 0.4) is 0 Å². The highest BCUT2D eigenvalue weighted by molar-refractivity contribution is 5.67. The highest BCUT2D eigenvalue weighted by Crippen LogP contribution is 2.24. The monoisotopic (exact) mass is 286 g/mol. The van der Waals surface area contributed by atoms with Crippen molar-refractivity contribution in [1.82, 2.24) is 10.3 Å². The molecule has 1 aromatic carbocycles. The van der Waals surface area contributed by atoms with E-state index in [-0.39, 0.29) is 5.92 Å². The van der Waals surface area contributed by atoms with E-state index in [4.69, 9.17) is 4.74 Å². The van der Waals surface area contributed by atoms with Gasteiger partial charge in [0.25, 0.3) is 0 Å². The number of alkyl carbamates (subject to hydrolysis) is 1.